The number of rotatable bonds is 6. The maximum atomic E-state index is 4.24. The van der Waals surface area contributed by atoms with Crippen LogP contribution in [0, 0.1) is 6.92 Å². The second kappa shape index (κ2) is 6.34. The van der Waals surface area contributed by atoms with Crippen LogP contribution in [0.1, 0.15) is 38.2 Å². The van der Waals surface area contributed by atoms with E-state index in [-0.39, 0.29) is 0 Å². The van der Waals surface area contributed by atoms with E-state index in [9.17, 15) is 0 Å². The highest BCUT2D eigenvalue weighted by atomic mass is 15.4. The van der Waals surface area contributed by atoms with Crippen LogP contribution in [0.3, 0.4) is 0 Å². The van der Waals surface area contributed by atoms with Crippen molar-refractivity contribution in [1.29, 1.82) is 0 Å². The predicted molar refractivity (Wildman–Crippen MR) is 74.3 cm³/mol. The minimum atomic E-state index is 0.967. The normalized spacial score (nSPS) is 10.8. The van der Waals surface area contributed by atoms with Crippen LogP contribution in [-0.2, 0) is 6.54 Å². The molecule has 0 aliphatic carbocycles. The Balaban J connectivity index is 1.97. The molecule has 18 heavy (non-hydrogen) atoms. The van der Waals surface area contributed by atoms with E-state index < -0.39 is 0 Å². The molecule has 0 saturated heterocycles. The number of aromatic nitrogens is 3. The highest BCUT2D eigenvalue weighted by Crippen LogP contribution is 2.17. The van der Waals surface area contributed by atoms with Gasteiger partial charge >= 0.3 is 0 Å². The zero-order valence-corrected chi connectivity index (χ0v) is 11.3. The van der Waals surface area contributed by atoms with Gasteiger partial charge in [0.25, 0.3) is 0 Å². The Morgan fingerprint density at radius 1 is 1.17 bits per heavy atom. The van der Waals surface area contributed by atoms with Gasteiger partial charge in [0.05, 0.1) is 6.20 Å². The Hall–Kier alpha value is -1.64. The summed E-state index contributed by atoms with van der Waals surface area (Å²) < 4.78 is 1.95. The van der Waals surface area contributed by atoms with Gasteiger partial charge in [-0.25, -0.2) is 0 Å². The SMILES string of the molecule is CCCCCCn1cc(-c2cccc(C)c2)nn1. The van der Waals surface area contributed by atoms with Gasteiger partial charge in [0.1, 0.15) is 5.69 Å². The number of benzene rings is 1. The van der Waals surface area contributed by atoms with Gasteiger partial charge in [0.15, 0.2) is 0 Å². The largest absolute Gasteiger partial charge is 0.252 e. The van der Waals surface area contributed by atoms with Crippen molar-refractivity contribution in [3.05, 3.63) is 36.0 Å². The Labute approximate surface area is 109 Å². The maximum Gasteiger partial charge on any atom is 0.113 e. The molecule has 0 saturated carbocycles. The van der Waals surface area contributed by atoms with E-state index in [1.807, 2.05) is 10.9 Å². The quantitative estimate of drug-likeness (QED) is 0.722. The van der Waals surface area contributed by atoms with Crippen LogP contribution < -0.4 is 0 Å². The molecule has 1 heterocycles. The number of unbranched alkanes of at least 4 members (excludes halogenated alkanes) is 3. The van der Waals surface area contributed by atoms with Crippen molar-refractivity contribution < 1.29 is 0 Å². The Kier molecular flexibility index (Phi) is 4.51. The summed E-state index contributed by atoms with van der Waals surface area (Å²) in [6.45, 7) is 5.29. The fourth-order valence-electron chi connectivity index (χ4n) is 2.04. The molecule has 0 aliphatic rings. The summed E-state index contributed by atoms with van der Waals surface area (Å²) >= 11 is 0. The molecule has 0 spiro atoms. The lowest BCUT2D eigenvalue weighted by molar-refractivity contribution is 0.527. The van der Waals surface area contributed by atoms with Crippen molar-refractivity contribution in [2.45, 2.75) is 46.1 Å². The smallest absolute Gasteiger partial charge is 0.113 e. The predicted octanol–water partition coefficient (Wildman–Crippen LogP) is 3.83. The Morgan fingerprint density at radius 2 is 2.06 bits per heavy atom. The van der Waals surface area contributed by atoms with Crippen LogP contribution in [0.2, 0.25) is 0 Å². The van der Waals surface area contributed by atoms with Gasteiger partial charge in [-0.05, 0) is 19.4 Å². The lowest BCUT2D eigenvalue weighted by atomic mass is 10.1. The molecule has 0 aliphatic heterocycles. The minimum absolute atomic E-state index is 0.967. The Morgan fingerprint density at radius 3 is 2.83 bits per heavy atom. The third kappa shape index (κ3) is 3.42. The molecule has 0 radical (unpaired) electrons. The highest BCUT2D eigenvalue weighted by Gasteiger charge is 2.03. The molecule has 0 N–H and O–H groups in total. The lowest BCUT2D eigenvalue weighted by Gasteiger charge is -1.99. The van der Waals surface area contributed by atoms with E-state index in [0.29, 0.717) is 0 Å². The van der Waals surface area contributed by atoms with Gasteiger partial charge in [0.2, 0.25) is 0 Å². The summed E-state index contributed by atoms with van der Waals surface area (Å²) in [6, 6.07) is 8.38. The van der Waals surface area contributed by atoms with Crippen molar-refractivity contribution in [1.82, 2.24) is 15.0 Å². The molecular formula is C15H21N3. The van der Waals surface area contributed by atoms with E-state index in [2.05, 4.69) is 48.4 Å². The lowest BCUT2D eigenvalue weighted by Crippen LogP contribution is -1.98. The van der Waals surface area contributed by atoms with Crippen LogP contribution in [-0.4, -0.2) is 15.0 Å². The van der Waals surface area contributed by atoms with E-state index >= 15 is 0 Å². The average molecular weight is 243 g/mol. The first-order valence-electron chi connectivity index (χ1n) is 6.77. The summed E-state index contributed by atoms with van der Waals surface area (Å²) in [5, 5.41) is 8.43. The molecular weight excluding hydrogens is 222 g/mol. The standard InChI is InChI=1S/C15H21N3/c1-3-4-5-6-10-18-12-15(16-17-18)14-9-7-8-13(2)11-14/h7-9,11-12H,3-6,10H2,1-2H3. The molecule has 2 rings (SSSR count). The summed E-state index contributed by atoms with van der Waals surface area (Å²) in [5.41, 5.74) is 3.37. The van der Waals surface area contributed by atoms with E-state index in [1.54, 1.807) is 0 Å². The number of nitrogens with zero attached hydrogens (tertiary/aromatic N) is 3. The highest BCUT2D eigenvalue weighted by molar-refractivity contribution is 5.58. The third-order valence-corrected chi connectivity index (χ3v) is 3.09. The van der Waals surface area contributed by atoms with Crippen molar-refractivity contribution >= 4 is 0 Å². The first-order valence-corrected chi connectivity index (χ1v) is 6.77. The first kappa shape index (κ1) is 12.8. The molecule has 0 unspecified atom stereocenters. The number of hydrogen-bond acceptors (Lipinski definition) is 2. The fraction of sp³-hybridized carbons (Fsp3) is 0.467. The van der Waals surface area contributed by atoms with Gasteiger partial charge in [-0.1, -0.05) is 55.2 Å². The number of hydrogen-bond donors (Lipinski definition) is 0. The summed E-state index contributed by atoms with van der Waals surface area (Å²) in [7, 11) is 0. The zero-order valence-electron chi connectivity index (χ0n) is 11.3. The minimum Gasteiger partial charge on any atom is -0.252 e. The van der Waals surface area contributed by atoms with Crippen molar-refractivity contribution in [2.24, 2.45) is 0 Å². The van der Waals surface area contributed by atoms with Crippen molar-refractivity contribution in [2.75, 3.05) is 0 Å². The molecule has 0 bridgehead atoms. The van der Waals surface area contributed by atoms with Crippen LogP contribution >= 0.6 is 0 Å². The van der Waals surface area contributed by atoms with Crippen LogP contribution in [0.15, 0.2) is 30.5 Å². The molecule has 0 fully saturated rings. The topological polar surface area (TPSA) is 30.7 Å². The molecule has 1 aromatic heterocycles. The summed E-state index contributed by atoms with van der Waals surface area (Å²) in [6.07, 6.45) is 7.08. The van der Waals surface area contributed by atoms with E-state index in [4.69, 9.17) is 0 Å². The molecule has 0 amide bonds. The van der Waals surface area contributed by atoms with Crippen LogP contribution in [0.5, 0.6) is 0 Å². The van der Waals surface area contributed by atoms with Crippen molar-refractivity contribution in [3.63, 3.8) is 0 Å². The van der Waals surface area contributed by atoms with Gasteiger partial charge in [0, 0.05) is 12.1 Å². The van der Waals surface area contributed by atoms with Crippen molar-refractivity contribution in [3.8, 4) is 11.3 Å². The summed E-state index contributed by atoms with van der Waals surface area (Å²) in [5.74, 6) is 0. The number of aryl methyl sites for hydroxylation is 2. The van der Waals surface area contributed by atoms with Gasteiger partial charge in [-0.3, -0.25) is 4.68 Å². The average Bonchev–Trinajstić information content (AvgIpc) is 2.83. The van der Waals surface area contributed by atoms with Gasteiger partial charge in [-0.2, -0.15) is 0 Å². The van der Waals surface area contributed by atoms with E-state index in [0.717, 1.165) is 17.8 Å². The maximum absolute atomic E-state index is 4.24. The van der Waals surface area contributed by atoms with Crippen LogP contribution in [0.25, 0.3) is 11.3 Å². The first-order chi connectivity index (χ1) is 8.79. The molecule has 0 atom stereocenters. The fourth-order valence-corrected chi connectivity index (χ4v) is 2.04. The van der Waals surface area contributed by atoms with E-state index in [1.165, 1.54) is 31.2 Å². The van der Waals surface area contributed by atoms with Crippen LogP contribution in [0.4, 0.5) is 0 Å². The zero-order chi connectivity index (χ0) is 12.8. The Bertz CT molecular complexity index is 488. The molecule has 1 aromatic carbocycles. The van der Waals surface area contributed by atoms with Gasteiger partial charge < -0.3 is 0 Å². The molecule has 96 valence electrons. The molecule has 2 aromatic rings. The van der Waals surface area contributed by atoms with Gasteiger partial charge in [-0.15, -0.1) is 5.10 Å². The monoisotopic (exact) mass is 243 g/mol. The molecule has 3 nitrogen and oxygen atoms in total. The molecule has 3 heteroatoms. The second-order valence-electron chi connectivity index (χ2n) is 4.80. The summed E-state index contributed by atoms with van der Waals surface area (Å²) in [4.78, 5) is 0. The second-order valence-corrected chi connectivity index (χ2v) is 4.80. The third-order valence-electron chi connectivity index (χ3n) is 3.09.